The van der Waals surface area contributed by atoms with Crippen molar-refractivity contribution in [2.24, 2.45) is 0 Å². The first-order valence-corrected chi connectivity index (χ1v) is 7.09. The van der Waals surface area contributed by atoms with Crippen LogP contribution in [0, 0.1) is 6.92 Å². The highest BCUT2D eigenvalue weighted by atomic mass is 16.2. The largest absolute Gasteiger partial charge is 0.371 e. The lowest BCUT2D eigenvalue weighted by atomic mass is 10.1. The molecule has 0 fully saturated rings. The third kappa shape index (κ3) is 3.16. The summed E-state index contributed by atoms with van der Waals surface area (Å²) in [5.74, 6) is -0.265. The van der Waals surface area contributed by atoms with E-state index in [0.29, 0.717) is 23.5 Å². The Morgan fingerprint density at radius 2 is 1.91 bits per heavy atom. The van der Waals surface area contributed by atoms with E-state index in [1.165, 1.54) is 10.9 Å². The lowest BCUT2D eigenvalue weighted by Crippen LogP contribution is -2.30. The van der Waals surface area contributed by atoms with Crippen molar-refractivity contribution in [1.82, 2.24) is 9.78 Å². The number of hydrogen-bond acceptors (Lipinski definition) is 4. The zero-order valence-corrected chi connectivity index (χ0v) is 13.3. The van der Waals surface area contributed by atoms with Gasteiger partial charge in [0.2, 0.25) is 0 Å². The summed E-state index contributed by atoms with van der Waals surface area (Å²) in [6.07, 6.45) is 1.51. The van der Waals surface area contributed by atoms with E-state index < -0.39 is 0 Å². The third-order valence-corrected chi connectivity index (χ3v) is 3.33. The maximum Gasteiger partial charge on any atom is 0.292 e. The first kappa shape index (κ1) is 15.8. The van der Waals surface area contributed by atoms with E-state index in [1.807, 2.05) is 26.0 Å². The molecule has 0 atom stereocenters. The van der Waals surface area contributed by atoms with E-state index in [4.69, 9.17) is 0 Å². The van der Waals surface area contributed by atoms with Crippen LogP contribution in [0.5, 0.6) is 0 Å². The predicted octanol–water partition coefficient (Wildman–Crippen LogP) is 1.89. The van der Waals surface area contributed by atoms with Crippen LogP contribution >= 0.6 is 0 Å². The van der Waals surface area contributed by atoms with Crippen molar-refractivity contribution in [1.29, 1.82) is 0 Å². The molecule has 0 aliphatic heterocycles. The van der Waals surface area contributed by atoms with Crippen LogP contribution in [0.25, 0.3) is 0 Å². The molecule has 116 valence electrons. The molecule has 0 spiro atoms. The fourth-order valence-electron chi connectivity index (χ4n) is 2.13. The molecule has 0 aliphatic carbocycles. The first-order valence-electron chi connectivity index (χ1n) is 7.09. The lowest BCUT2D eigenvalue weighted by molar-refractivity contribution is 0.102. The van der Waals surface area contributed by atoms with Crippen molar-refractivity contribution in [2.45, 2.75) is 20.4 Å². The van der Waals surface area contributed by atoms with E-state index >= 15 is 0 Å². The summed E-state index contributed by atoms with van der Waals surface area (Å²) in [6.45, 7) is 4.28. The van der Waals surface area contributed by atoms with E-state index in [-0.39, 0.29) is 11.5 Å². The van der Waals surface area contributed by atoms with E-state index in [2.05, 4.69) is 10.4 Å². The van der Waals surface area contributed by atoms with Gasteiger partial charge >= 0.3 is 0 Å². The van der Waals surface area contributed by atoms with Gasteiger partial charge in [-0.25, -0.2) is 4.68 Å². The zero-order chi connectivity index (χ0) is 16.3. The molecule has 0 radical (unpaired) electrons. The lowest BCUT2D eigenvalue weighted by Gasteiger charge is -2.18. The molecule has 0 aliphatic rings. The minimum Gasteiger partial charge on any atom is -0.371 e. The third-order valence-electron chi connectivity index (χ3n) is 3.33. The number of aryl methyl sites for hydroxylation is 2. The van der Waals surface area contributed by atoms with E-state index in [9.17, 15) is 9.59 Å². The highest BCUT2D eigenvalue weighted by Crippen LogP contribution is 2.19. The molecule has 1 aromatic carbocycles. The molecule has 1 amide bonds. The standard InChI is InChI=1S/C16H20N4O2/c1-5-20-16(22)14(19(3)4)13(10-17-20)18-15(21)12-8-6-11(2)7-9-12/h6-10H,5H2,1-4H3,(H,18,21). The number of carbonyl (C=O) groups excluding carboxylic acids is 1. The fourth-order valence-corrected chi connectivity index (χ4v) is 2.13. The van der Waals surface area contributed by atoms with Crippen LogP contribution in [0.1, 0.15) is 22.8 Å². The van der Waals surface area contributed by atoms with E-state index in [0.717, 1.165) is 5.56 Å². The van der Waals surface area contributed by atoms with Crippen LogP contribution in [0.2, 0.25) is 0 Å². The Morgan fingerprint density at radius 3 is 2.45 bits per heavy atom. The topological polar surface area (TPSA) is 67.2 Å². The maximum absolute atomic E-state index is 12.3. The fraction of sp³-hybridized carbons (Fsp3) is 0.312. The Bertz CT molecular complexity index is 733. The number of anilines is 2. The summed E-state index contributed by atoms with van der Waals surface area (Å²) in [7, 11) is 3.52. The molecule has 0 unspecified atom stereocenters. The van der Waals surface area contributed by atoms with Crippen LogP contribution < -0.4 is 15.8 Å². The van der Waals surface area contributed by atoms with E-state index in [1.54, 1.807) is 31.1 Å². The molecule has 2 rings (SSSR count). The van der Waals surface area contributed by atoms with Gasteiger partial charge in [-0.1, -0.05) is 17.7 Å². The number of amides is 1. The number of nitrogens with one attached hydrogen (secondary N) is 1. The van der Waals surface area contributed by atoms with Gasteiger partial charge in [0.1, 0.15) is 5.69 Å². The van der Waals surface area contributed by atoms with Gasteiger partial charge in [-0.2, -0.15) is 5.10 Å². The van der Waals surface area contributed by atoms with Gasteiger partial charge in [-0.3, -0.25) is 9.59 Å². The van der Waals surface area contributed by atoms with Gasteiger partial charge in [0.05, 0.1) is 11.9 Å². The first-order chi connectivity index (χ1) is 10.4. The number of rotatable bonds is 4. The smallest absolute Gasteiger partial charge is 0.292 e. The van der Waals surface area contributed by atoms with Crippen LogP contribution in [0.15, 0.2) is 35.3 Å². The highest BCUT2D eigenvalue weighted by molar-refractivity contribution is 6.05. The number of carbonyl (C=O) groups is 1. The van der Waals surface area contributed by atoms with Crippen molar-refractivity contribution in [3.8, 4) is 0 Å². The summed E-state index contributed by atoms with van der Waals surface area (Å²) < 4.78 is 1.36. The Hall–Kier alpha value is -2.63. The molecule has 1 N–H and O–H groups in total. The Balaban J connectivity index is 2.37. The molecule has 0 saturated carbocycles. The van der Waals surface area contributed by atoms with Crippen molar-refractivity contribution in [2.75, 3.05) is 24.3 Å². The Kier molecular flexibility index (Phi) is 4.60. The molecule has 1 aromatic heterocycles. The second-order valence-corrected chi connectivity index (χ2v) is 5.24. The van der Waals surface area contributed by atoms with Crippen LogP contribution in [0.3, 0.4) is 0 Å². The summed E-state index contributed by atoms with van der Waals surface area (Å²) in [6, 6.07) is 7.24. The molecule has 0 saturated heterocycles. The predicted molar refractivity (Wildman–Crippen MR) is 87.6 cm³/mol. The Morgan fingerprint density at radius 1 is 1.27 bits per heavy atom. The van der Waals surface area contributed by atoms with Gasteiger partial charge in [0.25, 0.3) is 11.5 Å². The quantitative estimate of drug-likeness (QED) is 0.936. The van der Waals surface area contributed by atoms with Gasteiger partial charge in [-0.05, 0) is 26.0 Å². The number of aromatic nitrogens is 2. The van der Waals surface area contributed by atoms with Crippen molar-refractivity contribution < 1.29 is 4.79 Å². The summed E-state index contributed by atoms with van der Waals surface area (Å²) in [4.78, 5) is 26.3. The number of nitrogens with zero attached hydrogens (tertiary/aromatic N) is 3. The SMILES string of the molecule is CCn1ncc(NC(=O)c2ccc(C)cc2)c(N(C)C)c1=O. The zero-order valence-electron chi connectivity index (χ0n) is 13.3. The number of hydrogen-bond donors (Lipinski definition) is 1. The molecule has 6 nitrogen and oxygen atoms in total. The van der Waals surface area contributed by atoms with Crippen LogP contribution in [-0.2, 0) is 6.54 Å². The summed E-state index contributed by atoms with van der Waals surface area (Å²) in [5.41, 5.74) is 2.21. The van der Waals surface area contributed by atoms with Crippen molar-refractivity contribution in [3.63, 3.8) is 0 Å². The normalized spacial score (nSPS) is 10.4. The molecule has 2 aromatic rings. The molecular formula is C16H20N4O2. The van der Waals surface area contributed by atoms with Gasteiger partial charge in [0, 0.05) is 26.2 Å². The Labute approximate surface area is 129 Å². The highest BCUT2D eigenvalue weighted by Gasteiger charge is 2.15. The summed E-state index contributed by atoms with van der Waals surface area (Å²) in [5, 5.41) is 6.83. The number of benzene rings is 1. The van der Waals surface area contributed by atoms with Crippen molar-refractivity contribution in [3.05, 3.63) is 51.9 Å². The second kappa shape index (κ2) is 6.43. The average molecular weight is 300 g/mol. The average Bonchev–Trinajstić information content (AvgIpc) is 2.47. The van der Waals surface area contributed by atoms with Gasteiger partial charge < -0.3 is 10.2 Å². The monoisotopic (exact) mass is 300 g/mol. The van der Waals surface area contributed by atoms with Crippen LogP contribution in [-0.4, -0.2) is 29.8 Å². The maximum atomic E-state index is 12.3. The molecule has 1 heterocycles. The second-order valence-electron chi connectivity index (χ2n) is 5.24. The summed E-state index contributed by atoms with van der Waals surface area (Å²) >= 11 is 0. The molecular weight excluding hydrogens is 280 g/mol. The molecule has 6 heteroatoms. The minimum atomic E-state index is -0.265. The van der Waals surface area contributed by atoms with Gasteiger partial charge in [-0.15, -0.1) is 0 Å². The van der Waals surface area contributed by atoms with Crippen LogP contribution in [0.4, 0.5) is 11.4 Å². The molecule has 22 heavy (non-hydrogen) atoms. The molecule has 0 bridgehead atoms. The van der Waals surface area contributed by atoms with Gasteiger partial charge in [0.15, 0.2) is 0 Å². The minimum absolute atomic E-state index is 0.228. The van der Waals surface area contributed by atoms with Crippen molar-refractivity contribution >= 4 is 17.3 Å².